The second-order valence-electron chi connectivity index (χ2n) is 7.42. The Morgan fingerprint density at radius 1 is 0.968 bits per heavy atom. The first-order valence-corrected chi connectivity index (χ1v) is 10.3. The highest BCUT2D eigenvalue weighted by Gasteiger charge is 2.08. The van der Waals surface area contributed by atoms with Gasteiger partial charge in [-0.1, -0.05) is 36.4 Å². The fourth-order valence-corrected chi connectivity index (χ4v) is 3.22. The molecule has 0 fully saturated rings. The molecule has 0 unspecified atom stereocenters. The summed E-state index contributed by atoms with van der Waals surface area (Å²) in [6.07, 6.45) is 2.60. The highest BCUT2D eigenvalue weighted by Crippen LogP contribution is 2.17. The highest BCUT2D eigenvalue weighted by molar-refractivity contribution is 5.94. The van der Waals surface area contributed by atoms with E-state index < -0.39 is 0 Å². The molecule has 0 aliphatic heterocycles. The SMILES string of the molecule is CN=C(NCCc1cccc(C(=O)N(C)C)c1)NCc1cccc(-c2ccccn2)c1. The van der Waals surface area contributed by atoms with Crippen molar-refractivity contribution in [2.24, 2.45) is 4.99 Å². The lowest BCUT2D eigenvalue weighted by molar-refractivity contribution is 0.0827. The molecular weight excluding hydrogens is 386 g/mol. The third-order valence-corrected chi connectivity index (χ3v) is 4.86. The molecular formula is C25H29N5O. The van der Waals surface area contributed by atoms with Gasteiger partial charge in [-0.3, -0.25) is 14.8 Å². The van der Waals surface area contributed by atoms with E-state index in [9.17, 15) is 4.79 Å². The van der Waals surface area contributed by atoms with Crippen LogP contribution in [0, 0.1) is 0 Å². The van der Waals surface area contributed by atoms with Gasteiger partial charge in [0, 0.05) is 51.6 Å². The van der Waals surface area contributed by atoms with Crippen LogP contribution in [0.2, 0.25) is 0 Å². The topological polar surface area (TPSA) is 69.6 Å². The number of hydrogen-bond acceptors (Lipinski definition) is 3. The maximum absolute atomic E-state index is 12.1. The van der Waals surface area contributed by atoms with Crippen molar-refractivity contribution in [1.82, 2.24) is 20.5 Å². The van der Waals surface area contributed by atoms with Gasteiger partial charge >= 0.3 is 0 Å². The smallest absolute Gasteiger partial charge is 0.253 e. The zero-order valence-corrected chi connectivity index (χ0v) is 18.3. The predicted molar refractivity (Wildman–Crippen MR) is 126 cm³/mol. The van der Waals surface area contributed by atoms with E-state index in [0.717, 1.165) is 34.8 Å². The fourth-order valence-electron chi connectivity index (χ4n) is 3.22. The van der Waals surface area contributed by atoms with Crippen LogP contribution < -0.4 is 10.6 Å². The summed E-state index contributed by atoms with van der Waals surface area (Å²) in [5.41, 5.74) is 5.02. The van der Waals surface area contributed by atoms with Crippen molar-refractivity contribution >= 4 is 11.9 Å². The van der Waals surface area contributed by atoms with Crippen LogP contribution in [0.15, 0.2) is 77.9 Å². The second kappa shape index (κ2) is 10.9. The Hall–Kier alpha value is -3.67. The summed E-state index contributed by atoms with van der Waals surface area (Å²) in [7, 11) is 5.28. The van der Waals surface area contributed by atoms with Gasteiger partial charge in [-0.05, 0) is 47.9 Å². The Balaban J connectivity index is 1.52. The minimum absolute atomic E-state index is 0.0141. The molecule has 0 saturated heterocycles. The number of pyridine rings is 1. The number of hydrogen-bond donors (Lipinski definition) is 2. The maximum atomic E-state index is 12.1. The van der Waals surface area contributed by atoms with Gasteiger partial charge < -0.3 is 15.5 Å². The maximum Gasteiger partial charge on any atom is 0.253 e. The van der Waals surface area contributed by atoms with Crippen LogP contribution in [0.1, 0.15) is 21.5 Å². The lowest BCUT2D eigenvalue weighted by atomic mass is 10.1. The van der Waals surface area contributed by atoms with E-state index in [4.69, 9.17) is 0 Å². The summed E-state index contributed by atoms with van der Waals surface area (Å²) in [5, 5.41) is 6.69. The minimum Gasteiger partial charge on any atom is -0.356 e. The lowest BCUT2D eigenvalue weighted by Gasteiger charge is -2.13. The average Bonchev–Trinajstić information content (AvgIpc) is 2.81. The standard InChI is InChI=1S/C25H29N5O/c1-26-25(28-15-13-19-8-6-11-22(16-19)24(31)30(2)3)29-18-20-9-7-10-21(17-20)23-12-4-5-14-27-23/h4-12,14,16-17H,13,15,18H2,1-3H3,(H2,26,28,29). The summed E-state index contributed by atoms with van der Waals surface area (Å²) in [5.74, 6) is 0.754. The molecule has 1 heterocycles. The van der Waals surface area contributed by atoms with E-state index in [0.29, 0.717) is 18.7 Å². The van der Waals surface area contributed by atoms with Crippen molar-refractivity contribution in [2.75, 3.05) is 27.7 Å². The fraction of sp³-hybridized carbons (Fsp3) is 0.240. The number of carbonyl (C=O) groups is 1. The Kier molecular flexibility index (Phi) is 7.76. The summed E-state index contributed by atoms with van der Waals surface area (Å²) in [6, 6.07) is 22.0. The van der Waals surface area contributed by atoms with Gasteiger partial charge in [0.25, 0.3) is 5.91 Å². The summed E-state index contributed by atoms with van der Waals surface area (Å²) in [6.45, 7) is 1.38. The largest absolute Gasteiger partial charge is 0.356 e. The van der Waals surface area contributed by atoms with E-state index >= 15 is 0 Å². The van der Waals surface area contributed by atoms with Crippen LogP contribution in [0.25, 0.3) is 11.3 Å². The summed E-state index contributed by atoms with van der Waals surface area (Å²) in [4.78, 5) is 22.4. The summed E-state index contributed by atoms with van der Waals surface area (Å²) >= 11 is 0. The molecule has 0 radical (unpaired) electrons. The monoisotopic (exact) mass is 415 g/mol. The zero-order valence-electron chi connectivity index (χ0n) is 18.3. The number of nitrogens with zero attached hydrogens (tertiary/aromatic N) is 3. The Morgan fingerprint density at radius 3 is 2.52 bits per heavy atom. The molecule has 6 heteroatoms. The molecule has 3 aromatic rings. The molecule has 0 bridgehead atoms. The molecule has 0 saturated carbocycles. The van der Waals surface area contributed by atoms with Gasteiger partial charge in [0.15, 0.2) is 5.96 Å². The van der Waals surface area contributed by atoms with Crippen LogP contribution >= 0.6 is 0 Å². The third kappa shape index (κ3) is 6.40. The van der Waals surface area contributed by atoms with Crippen LogP contribution in [-0.2, 0) is 13.0 Å². The molecule has 31 heavy (non-hydrogen) atoms. The molecule has 1 amide bonds. The van der Waals surface area contributed by atoms with Gasteiger partial charge in [0.05, 0.1) is 5.69 Å². The van der Waals surface area contributed by atoms with Gasteiger partial charge in [-0.25, -0.2) is 0 Å². The number of aromatic nitrogens is 1. The molecule has 2 aromatic carbocycles. The van der Waals surface area contributed by atoms with Crippen molar-refractivity contribution in [3.63, 3.8) is 0 Å². The molecule has 0 spiro atoms. The average molecular weight is 416 g/mol. The van der Waals surface area contributed by atoms with E-state index in [1.807, 2.05) is 48.5 Å². The quantitative estimate of drug-likeness (QED) is 0.459. The molecule has 0 aliphatic rings. The van der Waals surface area contributed by atoms with Crippen molar-refractivity contribution in [3.05, 3.63) is 89.6 Å². The van der Waals surface area contributed by atoms with Crippen molar-refractivity contribution in [1.29, 1.82) is 0 Å². The number of guanidine groups is 1. The van der Waals surface area contributed by atoms with Crippen molar-refractivity contribution in [3.8, 4) is 11.3 Å². The zero-order chi connectivity index (χ0) is 22.1. The molecule has 6 nitrogen and oxygen atoms in total. The van der Waals surface area contributed by atoms with E-state index in [1.54, 1.807) is 32.2 Å². The minimum atomic E-state index is 0.0141. The Labute approximate surface area is 184 Å². The number of nitrogens with one attached hydrogen (secondary N) is 2. The first-order valence-electron chi connectivity index (χ1n) is 10.3. The first kappa shape index (κ1) is 22.0. The van der Waals surface area contributed by atoms with Gasteiger partial charge in [0.2, 0.25) is 0 Å². The second-order valence-corrected chi connectivity index (χ2v) is 7.42. The van der Waals surface area contributed by atoms with Crippen LogP contribution in [-0.4, -0.2) is 49.4 Å². The number of amides is 1. The number of rotatable bonds is 7. The van der Waals surface area contributed by atoms with Crippen molar-refractivity contribution in [2.45, 2.75) is 13.0 Å². The molecule has 160 valence electrons. The number of aliphatic imine (C=N–C) groups is 1. The lowest BCUT2D eigenvalue weighted by Crippen LogP contribution is -2.37. The van der Waals surface area contributed by atoms with Gasteiger partial charge in [0.1, 0.15) is 0 Å². The van der Waals surface area contributed by atoms with Crippen LogP contribution in [0.4, 0.5) is 0 Å². The number of benzene rings is 2. The summed E-state index contributed by atoms with van der Waals surface area (Å²) < 4.78 is 0. The van der Waals surface area contributed by atoms with E-state index in [2.05, 4.69) is 38.8 Å². The highest BCUT2D eigenvalue weighted by atomic mass is 16.2. The molecule has 2 N–H and O–H groups in total. The molecule has 1 aromatic heterocycles. The molecule has 3 rings (SSSR count). The van der Waals surface area contributed by atoms with Gasteiger partial charge in [-0.15, -0.1) is 0 Å². The van der Waals surface area contributed by atoms with Crippen molar-refractivity contribution < 1.29 is 4.79 Å². The van der Waals surface area contributed by atoms with Crippen LogP contribution in [0.5, 0.6) is 0 Å². The van der Waals surface area contributed by atoms with E-state index in [-0.39, 0.29) is 5.91 Å². The Bertz CT molecular complexity index is 1030. The molecule has 0 atom stereocenters. The third-order valence-electron chi connectivity index (χ3n) is 4.86. The molecule has 0 aliphatic carbocycles. The normalized spacial score (nSPS) is 11.1. The number of carbonyl (C=O) groups excluding carboxylic acids is 1. The van der Waals surface area contributed by atoms with Crippen LogP contribution in [0.3, 0.4) is 0 Å². The first-order chi connectivity index (χ1) is 15.1. The predicted octanol–water partition coefficient (Wildman–Crippen LogP) is 3.36. The van der Waals surface area contributed by atoms with E-state index in [1.165, 1.54) is 0 Å². The Morgan fingerprint density at radius 2 is 1.77 bits per heavy atom. The van der Waals surface area contributed by atoms with Gasteiger partial charge in [-0.2, -0.15) is 0 Å².